The van der Waals surface area contributed by atoms with E-state index in [2.05, 4.69) is 9.97 Å². The summed E-state index contributed by atoms with van der Waals surface area (Å²) in [6.07, 6.45) is 1.82. The Morgan fingerprint density at radius 2 is 2.16 bits per heavy atom. The molecule has 0 aliphatic heterocycles. The molecule has 0 fully saturated rings. The number of nitrogens with zero attached hydrogens (tertiary/aromatic N) is 4. The van der Waals surface area contributed by atoms with Crippen molar-refractivity contribution < 1.29 is 0 Å². The van der Waals surface area contributed by atoms with Crippen LogP contribution in [0.1, 0.15) is 5.69 Å². The predicted octanol–water partition coefficient (Wildman–Crippen LogP) is -1.06. The SMILES string of the molecule is Cc1cn2c3c(=O)[nH]c(=O)n(C)c3nc2n1CCN. The molecule has 8 nitrogen and oxygen atoms in total. The van der Waals surface area contributed by atoms with Crippen LogP contribution in [0.15, 0.2) is 15.8 Å². The highest BCUT2D eigenvalue weighted by Gasteiger charge is 2.16. The van der Waals surface area contributed by atoms with E-state index in [0.29, 0.717) is 30.0 Å². The van der Waals surface area contributed by atoms with E-state index in [1.165, 1.54) is 4.57 Å². The van der Waals surface area contributed by atoms with Crippen LogP contribution in [0.25, 0.3) is 16.9 Å². The molecule has 0 aromatic carbocycles. The van der Waals surface area contributed by atoms with Crippen LogP contribution in [0.4, 0.5) is 0 Å². The number of hydrogen-bond donors (Lipinski definition) is 2. The highest BCUT2D eigenvalue weighted by atomic mass is 16.2. The molecule has 3 N–H and O–H groups in total. The van der Waals surface area contributed by atoms with Crippen LogP contribution in [0.3, 0.4) is 0 Å². The first-order valence-corrected chi connectivity index (χ1v) is 5.92. The number of H-pyrrole nitrogens is 1. The van der Waals surface area contributed by atoms with Gasteiger partial charge < -0.3 is 10.3 Å². The molecule has 3 rings (SSSR count). The average molecular weight is 262 g/mol. The molecule has 0 spiro atoms. The maximum absolute atomic E-state index is 11.9. The molecule has 3 aromatic rings. The molecule has 0 unspecified atom stereocenters. The van der Waals surface area contributed by atoms with Crippen molar-refractivity contribution in [3.05, 3.63) is 32.7 Å². The van der Waals surface area contributed by atoms with Crippen LogP contribution in [0, 0.1) is 6.92 Å². The second-order valence-corrected chi connectivity index (χ2v) is 4.48. The van der Waals surface area contributed by atoms with Crippen LogP contribution < -0.4 is 17.0 Å². The van der Waals surface area contributed by atoms with Crippen molar-refractivity contribution in [2.75, 3.05) is 6.54 Å². The quantitative estimate of drug-likeness (QED) is 0.614. The fourth-order valence-corrected chi connectivity index (χ4v) is 2.32. The average Bonchev–Trinajstić information content (AvgIpc) is 2.85. The standard InChI is InChI=1S/C11H14N6O2/c1-6-5-17-7-8(13-10(17)16(6)4-3-12)15(2)11(19)14-9(7)18/h5H,3-4,12H2,1-2H3,(H,14,18,19). The predicted molar refractivity (Wildman–Crippen MR) is 70.3 cm³/mol. The molecule has 0 amide bonds. The largest absolute Gasteiger partial charge is 0.329 e. The van der Waals surface area contributed by atoms with Gasteiger partial charge in [-0.25, -0.2) is 4.79 Å². The lowest BCUT2D eigenvalue weighted by Crippen LogP contribution is -2.28. The molecular formula is C11H14N6O2. The monoisotopic (exact) mass is 262 g/mol. The van der Waals surface area contributed by atoms with Gasteiger partial charge in [-0.15, -0.1) is 0 Å². The molecule has 0 saturated carbocycles. The molecule has 0 atom stereocenters. The zero-order chi connectivity index (χ0) is 13.7. The van der Waals surface area contributed by atoms with E-state index in [0.717, 1.165) is 5.69 Å². The van der Waals surface area contributed by atoms with Gasteiger partial charge in [0.1, 0.15) is 0 Å². The lowest BCUT2D eigenvalue weighted by Gasteiger charge is -2.01. The first kappa shape index (κ1) is 11.7. The number of aryl methyl sites for hydroxylation is 2. The van der Waals surface area contributed by atoms with Gasteiger partial charge in [0, 0.05) is 32.0 Å². The Kier molecular flexibility index (Phi) is 2.36. The minimum Gasteiger partial charge on any atom is -0.329 e. The summed E-state index contributed by atoms with van der Waals surface area (Å²) < 4.78 is 4.94. The van der Waals surface area contributed by atoms with Crippen molar-refractivity contribution in [1.82, 2.24) is 23.5 Å². The summed E-state index contributed by atoms with van der Waals surface area (Å²) in [7, 11) is 1.58. The number of hydrogen-bond acceptors (Lipinski definition) is 4. The summed E-state index contributed by atoms with van der Waals surface area (Å²) in [6.45, 7) is 3.01. The molecule has 3 aromatic heterocycles. The summed E-state index contributed by atoms with van der Waals surface area (Å²) >= 11 is 0. The van der Waals surface area contributed by atoms with Crippen LogP contribution >= 0.6 is 0 Å². The van der Waals surface area contributed by atoms with Gasteiger partial charge in [0.2, 0.25) is 5.78 Å². The van der Waals surface area contributed by atoms with Gasteiger partial charge in [0.05, 0.1) is 0 Å². The molecule has 0 saturated heterocycles. The summed E-state index contributed by atoms with van der Waals surface area (Å²) in [5, 5.41) is 0. The third kappa shape index (κ3) is 1.46. The fraction of sp³-hybridized carbons (Fsp3) is 0.364. The number of nitrogens with one attached hydrogen (secondary N) is 1. The Morgan fingerprint density at radius 1 is 1.42 bits per heavy atom. The number of rotatable bonds is 2. The molecular weight excluding hydrogens is 248 g/mol. The van der Waals surface area contributed by atoms with Gasteiger partial charge in [-0.3, -0.25) is 18.7 Å². The molecule has 0 bridgehead atoms. The van der Waals surface area contributed by atoms with E-state index >= 15 is 0 Å². The first-order chi connectivity index (χ1) is 9.04. The number of nitrogens with two attached hydrogens (primary N) is 1. The molecule has 0 aliphatic rings. The maximum atomic E-state index is 11.9. The molecule has 8 heteroatoms. The van der Waals surface area contributed by atoms with Gasteiger partial charge >= 0.3 is 5.69 Å². The van der Waals surface area contributed by atoms with Gasteiger partial charge in [-0.2, -0.15) is 4.98 Å². The minimum atomic E-state index is -0.472. The van der Waals surface area contributed by atoms with Crippen molar-refractivity contribution in [3.63, 3.8) is 0 Å². The van der Waals surface area contributed by atoms with Crippen LogP contribution in [-0.4, -0.2) is 30.0 Å². The zero-order valence-electron chi connectivity index (χ0n) is 10.7. The summed E-state index contributed by atoms with van der Waals surface area (Å²) in [4.78, 5) is 30.2. The Balaban J connectivity index is 2.54. The Bertz CT molecular complexity index is 894. The zero-order valence-corrected chi connectivity index (χ0v) is 10.7. The van der Waals surface area contributed by atoms with E-state index in [-0.39, 0.29) is 0 Å². The number of aromatic amines is 1. The number of aromatic nitrogens is 5. The Morgan fingerprint density at radius 3 is 2.84 bits per heavy atom. The highest BCUT2D eigenvalue weighted by molar-refractivity contribution is 5.75. The van der Waals surface area contributed by atoms with Gasteiger partial charge in [-0.1, -0.05) is 0 Å². The first-order valence-electron chi connectivity index (χ1n) is 5.92. The number of imidazole rings is 2. The molecule has 19 heavy (non-hydrogen) atoms. The van der Waals surface area contributed by atoms with Gasteiger partial charge in [0.25, 0.3) is 5.56 Å². The van der Waals surface area contributed by atoms with Gasteiger partial charge in [0.15, 0.2) is 11.2 Å². The Hall–Kier alpha value is -2.35. The third-order valence-corrected chi connectivity index (χ3v) is 3.27. The lowest BCUT2D eigenvalue weighted by molar-refractivity contribution is 0.706. The lowest BCUT2D eigenvalue weighted by atomic mass is 10.5. The third-order valence-electron chi connectivity index (χ3n) is 3.27. The van der Waals surface area contributed by atoms with Crippen molar-refractivity contribution in [2.24, 2.45) is 12.8 Å². The normalized spacial score (nSPS) is 11.7. The summed E-state index contributed by atoms with van der Waals surface area (Å²) in [5.74, 6) is 0.615. The topological polar surface area (TPSA) is 103 Å². The smallest absolute Gasteiger partial charge is 0.329 e. The number of fused-ring (bicyclic) bond motifs is 3. The Labute approximate surface area is 107 Å². The minimum absolute atomic E-state index is 0.370. The van der Waals surface area contributed by atoms with Crippen molar-refractivity contribution in [1.29, 1.82) is 0 Å². The van der Waals surface area contributed by atoms with Crippen molar-refractivity contribution in [2.45, 2.75) is 13.5 Å². The molecule has 0 aliphatic carbocycles. The van der Waals surface area contributed by atoms with Crippen LogP contribution in [-0.2, 0) is 13.6 Å². The van der Waals surface area contributed by atoms with E-state index in [4.69, 9.17) is 5.73 Å². The summed E-state index contributed by atoms with van der Waals surface area (Å²) in [6, 6.07) is 0. The second kappa shape index (κ2) is 3.82. The molecule has 0 radical (unpaired) electrons. The van der Waals surface area contributed by atoms with E-state index < -0.39 is 11.2 Å². The molecule has 100 valence electrons. The molecule has 3 heterocycles. The van der Waals surface area contributed by atoms with E-state index in [1.54, 1.807) is 11.4 Å². The van der Waals surface area contributed by atoms with Gasteiger partial charge in [-0.05, 0) is 6.92 Å². The maximum Gasteiger partial charge on any atom is 0.329 e. The highest BCUT2D eigenvalue weighted by Crippen LogP contribution is 2.15. The fourth-order valence-electron chi connectivity index (χ4n) is 2.32. The van der Waals surface area contributed by atoms with Crippen molar-refractivity contribution >= 4 is 16.9 Å². The van der Waals surface area contributed by atoms with Crippen molar-refractivity contribution in [3.8, 4) is 0 Å². The van der Waals surface area contributed by atoms with E-state index in [9.17, 15) is 9.59 Å². The van der Waals surface area contributed by atoms with Crippen LogP contribution in [0.5, 0.6) is 0 Å². The van der Waals surface area contributed by atoms with Crippen LogP contribution in [0.2, 0.25) is 0 Å². The van der Waals surface area contributed by atoms with E-state index in [1.807, 2.05) is 17.7 Å². The summed E-state index contributed by atoms with van der Waals surface area (Å²) in [5.41, 5.74) is 6.37. The second-order valence-electron chi connectivity index (χ2n) is 4.48.